The first kappa shape index (κ1) is 21.9. The van der Waals surface area contributed by atoms with Gasteiger partial charge in [0.25, 0.3) is 0 Å². The highest BCUT2D eigenvalue weighted by Gasteiger charge is 2.43. The molecular formula is C20H16Cl2F3N3O3. The summed E-state index contributed by atoms with van der Waals surface area (Å²) < 4.78 is 53.6. The number of halogens is 5. The fourth-order valence-electron chi connectivity index (χ4n) is 3.61. The smallest absolute Gasteiger partial charge is 0.452 e. The Bertz CT molecular complexity index is 1120. The van der Waals surface area contributed by atoms with Crippen LogP contribution in [0.1, 0.15) is 41.4 Å². The van der Waals surface area contributed by atoms with Gasteiger partial charge in [0, 0.05) is 29.2 Å². The third-order valence-electron chi connectivity index (χ3n) is 4.93. The van der Waals surface area contributed by atoms with E-state index in [1.165, 1.54) is 25.3 Å². The van der Waals surface area contributed by atoms with Crippen molar-refractivity contribution in [3.63, 3.8) is 0 Å². The highest BCUT2D eigenvalue weighted by Crippen LogP contribution is 2.46. The van der Waals surface area contributed by atoms with Gasteiger partial charge in [0.05, 0.1) is 17.8 Å². The highest BCUT2D eigenvalue weighted by molar-refractivity contribution is 6.33. The van der Waals surface area contributed by atoms with Crippen LogP contribution in [-0.4, -0.2) is 33.6 Å². The number of aromatic nitrogens is 3. The van der Waals surface area contributed by atoms with E-state index >= 15 is 0 Å². The van der Waals surface area contributed by atoms with Crippen LogP contribution in [-0.2, 0) is 10.9 Å². The van der Waals surface area contributed by atoms with E-state index in [9.17, 15) is 18.3 Å². The molecular weight excluding hydrogens is 458 g/mol. The summed E-state index contributed by atoms with van der Waals surface area (Å²) in [5, 5.41) is 17.2. The van der Waals surface area contributed by atoms with Gasteiger partial charge in [0.1, 0.15) is 18.0 Å². The van der Waals surface area contributed by atoms with Gasteiger partial charge in [0.15, 0.2) is 5.82 Å². The van der Waals surface area contributed by atoms with Gasteiger partial charge in [-0.3, -0.25) is 4.57 Å². The molecule has 2 aromatic carbocycles. The number of methoxy groups -OCH3 is 1. The molecule has 2 atom stereocenters. The lowest BCUT2D eigenvalue weighted by molar-refractivity contribution is -0.146. The molecule has 164 valence electrons. The molecule has 31 heavy (non-hydrogen) atoms. The van der Waals surface area contributed by atoms with E-state index in [2.05, 4.69) is 10.2 Å². The van der Waals surface area contributed by atoms with Crippen LogP contribution in [0.3, 0.4) is 0 Å². The molecule has 0 saturated carbocycles. The molecule has 0 fully saturated rings. The number of rotatable bonds is 4. The Hall–Kier alpha value is -2.33. The monoisotopic (exact) mass is 473 g/mol. The van der Waals surface area contributed by atoms with E-state index in [-0.39, 0.29) is 29.6 Å². The molecule has 0 amide bonds. The van der Waals surface area contributed by atoms with Crippen molar-refractivity contribution in [2.24, 2.45) is 0 Å². The van der Waals surface area contributed by atoms with E-state index in [0.29, 0.717) is 21.9 Å². The number of benzene rings is 2. The van der Waals surface area contributed by atoms with Crippen molar-refractivity contribution in [1.82, 2.24) is 14.8 Å². The number of fused-ring (bicyclic) bond motifs is 3. The second kappa shape index (κ2) is 8.31. The first-order valence-corrected chi connectivity index (χ1v) is 9.93. The SMILES string of the molecule is COc1cccc([C@H]2O[C@H](CCO)c3nnc(C(F)(F)F)n3-c3ccc(Cl)cc32)c1Cl. The van der Waals surface area contributed by atoms with E-state index in [1.54, 1.807) is 18.2 Å². The number of hydrogen-bond acceptors (Lipinski definition) is 5. The van der Waals surface area contributed by atoms with Crippen LogP contribution in [0.5, 0.6) is 5.75 Å². The maximum atomic E-state index is 13.7. The average molecular weight is 474 g/mol. The Morgan fingerprint density at radius 3 is 2.61 bits per heavy atom. The van der Waals surface area contributed by atoms with Crippen LogP contribution in [0.2, 0.25) is 10.0 Å². The summed E-state index contributed by atoms with van der Waals surface area (Å²) in [7, 11) is 1.45. The van der Waals surface area contributed by atoms with Crippen LogP contribution in [0.4, 0.5) is 13.2 Å². The minimum atomic E-state index is -4.76. The van der Waals surface area contributed by atoms with E-state index in [1.807, 2.05) is 0 Å². The molecule has 1 aromatic heterocycles. The fourth-order valence-corrected chi connectivity index (χ4v) is 4.09. The van der Waals surface area contributed by atoms with Gasteiger partial charge in [-0.15, -0.1) is 10.2 Å². The largest absolute Gasteiger partial charge is 0.495 e. The Morgan fingerprint density at radius 2 is 1.94 bits per heavy atom. The van der Waals surface area contributed by atoms with Crippen LogP contribution in [0.15, 0.2) is 36.4 Å². The minimum Gasteiger partial charge on any atom is -0.495 e. The molecule has 0 saturated heterocycles. The topological polar surface area (TPSA) is 69.4 Å². The van der Waals surface area contributed by atoms with Crippen molar-refractivity contribution >= 4 is 23.2 Å². The van der Waals surface area contributed by atoms with E-state index in [4.69, 9.17) is 32.7 Å². The predicted molar refractivity (Wildman–Crippen MR) is 107 cm³/mol. The Kier molecular flexibility index (Phi) is 5.87. The van der Waals surface area contributed by atoms with Gasteiger partial charge in [-0.05, 0) is 24.3 Å². The molecule has 1 aliphatic heterocycles. The van der Waals surface area contributed by atoms with Crippen LogP contribution < -0.4 is 4.74 Å². The highest BCUT2D eigenvalue weighted by atomic mass is 35.5. The van der Waals surface area contributed by atoms with Gasteiger partial charge in [-0.2, -0.15) is 13.2 Å². The first-order chi connectivity index (χ1) is 14.8. The fraction of sp³-hybridized carbons (Fsp3) is 0.300. The molecule has 11 heteroatoms. The normalized spacial score (nSPS) is 18.3. The lowest BCUT2D eigenvalue weighted by atomic mass is 9.99. The second-order valence-electron chi connectivity index (χ2n) is 6.80. The molecule has 4 rings (SSSR count). The van der Waals surface area contributed by atoms with Gasteiger partial charge >= 0.3 is 6.18 Å². The number of aliphatic hydroxyl groups excluding tert-OH is 1. The zero-order chi connectivity index (χ0) is 22.3. The average Bonchev–Trinajstić information content (AvgIpc) is 3.12. The molecule has 0 unspecified atom stereocenters. The number of aliphatic hydroxyl groups is 1. The summed E-state index contributed by atoms with van der Waals surface area (Å²) in [6, 6.07) is 9.48. The van der Waals surface area contributed by atoms with E-state index in [0.717, 1.165) is 4.57 Å². The van der Waals surface area contributed by atoms with Crippen molar-refractivity contribution in [2.45, 2.75) is 24.8 Å². The van der Waals surface area contributed by atoms with Crippen molar-refractivity contribution in [2.75, 3.05) is 13.7 Å². The second-order valence-corrected chi connectivity index (χ2v) is 7.61. The Labute approximate surface area is 185 Å². The molecule has 0 bridgehead atoms. The third-order valence-corrected chi connectivity index (χ3v) is 5.57. The Balaban J connectivity index is 2.01. The molecule has 0 aliphatic carbocycles. The predicted octanol–water partition coefficient (Wildman–Crippen LogP) is 5.14. The number of ether oxygens (including phenoxy) is 2. The van der Waals surface area contributed by atoms with Gasteiger partial charge in [0.2, 0.25) is 5.82 Å². The van der Waals surface area contributed by atoms with Gasteiger partial charge < -0.3 is 14.6 Å². The summed E-state index contributed by atoms with van der Waals surface area (Å²) >= 11 is 12.7. The van der Waals surface area contributed by atoms with Gasteiger partial charge in [-0.1, -0.05) is 35.3 Å². The van der Waals surface area contributed by atoms with Crippen LogP contribution >= 0.6 is 23.2 Å². The lowest BCUT2D eigenvalue weighted by Crippen LogP contribution is -2.16. The lowest BCUT2D eigenvalue weighted by Gasteiger charge is -2.24. The van der Waals surface area contributed by atoms with Crippen molar-refractivity contribution < 1.29 is 27.8 Å². The molecule has 0 spiro atoms. The summed E-state index contributed by atoms with van der Waals surface area (Å²) in [4.78, 5) is 0. The number of hydrogen-bond donors (Lipinski definition) is 1. The minimum absolute atomic E-state index is 0.00417. The molecule has 0 radical (unpaired) electrons. The summed E-state index contributed by atoms with van der Waals surface area (Å²) in [6.45, 7) is -0.339. The Morgan fingerprint density at radius 1 is 1.16 bits per heavy atom. The van der Waals surface area contributed by atoms with Gasteiger partial charge in [-0.25, -0.2) is 0 Å². The van der Waals surface area contributed by atoms with Crippen molar-refractivity contribution in [3.05, 3.63) is 69.2 Å². The maximum Gasteiger partial charge on any atom is 0.452 e. The standard InChI is InChI=1S/C20H16Cl2F3N3O3/c1-30-14-4-2-3-11(16(14)22)17-12-9-10(21)5-6-13(12)28-18(15(31-17)7-8-29)26-27-19(28)20(23,24)25/h2-6,9,15,17,29H,7-8H2,1H3/t15-,17-/m1/s1. The third kappa shape index (κ3) is 3.87. The first-order valence-electron chi connectivity index (χ1n) is 9.17. The molecule has 6 nitrogen and oxygen atoms in total. The zero-order valence-electron chi connectivity index (χ0n) is 16.0. The van der Waals surface area contributed by atoms with Crippen molar-refractivity contribution in [1.29, 1.82) is 0 Å². The summed E-state index contributed by atoms with van der Waals surface area (Å²) in [5.41, 5.74) is 0.968. The van der Waals surface area contributed by atoms with Crippen LogP contribution in [0, 0.1) is 0 Å². The van der Waals surface area contributed by atoms with Crippen molar-refractivity contribution in [3.8, 4) is 11.4 Å². The molecule has 1 aliphatic rings. The maximum absolute atomic E-state index is 13.7. The molecule has 1 N–H and O–H groups in total. The summed E-state index contributed by atoms with van der Waals surface area (Å²) in [5.74, 6) is -0.897. The summed E-state index contributed by atoms with van der Waals surface area (Å²) in [6.07, 6.45) is -6.67. The molecule has 3 aromatic rings. The zero-order valence-corrected chi connectivity index (χ0v) is 17.5. The number of alkyl halides is 3. The van der Waals surface area contributed by atoms with Crippen LogP contribution in [0.25, 0.3) is 5.69 Å². The van der Waals surface area contributed by atoms with E-state index < -0.39 is 24.2 Å². The number of nitrogens with zero attached hydrogens (tertiary/aromatic N) is 3. The molecule has 2 heterocycles. The quantitative estimate of drug-likeness (QED) is 0.567.